The molecular formula is C25H32N4O3. The zero-order valence-corrected chi connectivity index (χ0v) is 18.6. The third kappa shape index (κ3) is 4.63. The molecule has 3 heterocycles. The van der Waals surface area contributed by atoms with E-state index in [1.54, 1.807) is 0 Å². The van der Waals surface area contributed by atoms with Crippen molar-refractivity contribution in [3.05, 3.63) is 54.1 Å². The van der Waals surface area contributed by atoms with Crippen LogP contribution in [0.2, 0.25) is 0 Å². The van der Waals surface area contributed by atoms with E-state index in [0.717, 1.165) is 76.0 Å². The summed E-state index contributed by atoms with van der Waals surface area (Å²) in [4.78, 5) is 21.6. The lowest BCUT2D eigenvalue weighted by Gasteiger charge is -2.37. The number of anilines is 1. The van der Waals surface area contributed by atoms with Crippen LogP contribution in [-0.2, 0) is 6.54 Å². The quantitative estimate of drug-likeness (QED) is 0.668. The molecule has 2 saturated heterocycles. The molecule has 0 atom stereocenters. The average molecular weight is 437 g/mol. The number of rotatable bonds is 7. The maximum Gasteiger partial charge on any atom is 0.320 e. The number of urea groups is 1. The summed E-state index contributed by atoms with van der Waals surface area (Å²) in [6.45, 7) is 9.47. The van der Waals surface area contributed by atoms with Crippen molar-refractivity contribution >= 4 is 11.7 Å². The van der Waals surface area contributed by atoms with Crippen molar-refractivity contribution in [1.82, 2.24) is 14.7 Å². The minimum absolute atomic E-state index is 0.176. The van der Waals surface area contributed by atoms with Crippen LogP contribution >= 0.6 is 0 Å². The zero-order chi connectivity index (χ0) is 21.8. The van der Waals surface area contributed by atoms with Crippen LogP contribution in [0, 0.1) is 0 Å². The van der Waals surface area contributed by atoms with E-state index in [4.69, 9.17) is 9.47 Å². The van der Waals surface area contributed by atoms with Gasteiger partial charge in [0.1, 0.15) is 13.2 Å². The zero-order valence-electron chi connectivity index (χ0n) is 18.6. The van der Waals surface area contributed by atoms with Gasteiger partial charge in [0.25, 0.3) is 0 Å². The van der Waals surface area contributed by atoms with Crippen LogP contribution in [0.15, 0.2) is 48.5 Å². The molecule has 7 nitrogen and oxygen atoms in total. The highest BCUT2D eigenvalue weighted by molar-refractivity contribution is 5.76. The molecule has 0 aliphatic carbocycles. The number of piperazine rings is 1. The Balaban J connectivity index is 1.06. The summed E-state index contributed by atoms with van der Waals surface area (Å²) in [5, 5.41) is 0. The molecule has 2 amide bonds. The van der Waals surface area contributed by atoms with Crippen molar-refractivity contribution in [3.8, 4) is 11.5 Å². The predicted octanol–water partition coefficient (Wildman–Crippen LogP) is 2.91. The number of amides is 2. The lowest BCUT2D eigenvalue weighted by Crippen LogP contribution is -2.47. The van der Waals surface area contributed by atoms with Gasteiger partial charge in [-0.05, 0) is 30.7 Å². The number of carbonyl (C=O) groups excluding carboxylic acids is 1. The van der Waals surface area contributed by atoms with E-state index in [2.05, 4.69) is 28.0 Å². The molecule has 0 aromatic heterocycles. The Labute approximate surface area is 190 Å². The highest BCUT2D eigenvalue weighted by atomic mass is 16.6. The van der Waals surface area contributed by atoms with Crippen LogP contribution in [0.25, 0.3) is 0 Å². The van der Waals surface area contributed by atoms with Crippen LogP contribution in [-0.4, -0.2) is 86.3 Å². The lowest BCUT2D eigenvalue weighted by atomic mass is 10.2. The van der Waals surface area contributed by atoms with Crippen LogP contribution in [0.1, 0.15) is 12.0 Å². The molecule has 0 bridgehead atoms. The van der Waals surface area contributed by atoms with Gasteiger partial charge in [-0.1, -0.05) is 36.4 Å². The first-order valence-corrected chi connectivity index (χ1v) is 11.7. The van der Waals surface area contributed by atoms with Gasteiger partial charge in [-0.15, -0.1) is 0 Å². The first kappa shape index (κ1) is 20.9. The van der Waals surface area contributed by atoms with Gasteiger partial charge in [0, 0.05) is 52.4 Å². The van der Waals surface area contributed by atoms with E-state index in [-0.39, 0.29) is 6.03 Å². The lowest BCUT2D eigenvalue weighted by molar-refractivity contribution is 0.171. The smallest absolute Gasteiger partial charge is 0.320 e. The third-order valence-electron chi connectivity index (χ3n) is 6.56. The summed E-state index contributed by atoms with van der Waals surface area (Å²) in [5.74, 6) is 1.74. The molecule has 32 heavy (non-hydrogen) atoms. The average Bonchev–Trinajstić information content (AvgIpc) is 3.19. The van der Waals surface area contributed by atoms with E-state index in [1.165, 1.54) is 5.56 Å². The molecule has 7 heteroatoms. The number of fused-ring (bicyclic) bond motifs is 1. The Morgan fingerprint density at radius 3 is 2.38 bits per heavy atom. The minimum atomic E-state index is 0.176. The number of hydrogen-bond donors (Lipinski definition) is 0. The van der Waals surface area contributed by atoms with Crippen LogP contribution in [0.4, 0.5) is 10.5 Å². The van der Waals surface area contributed by atoms with Gasteiger partial charge in [0.05, 0.1) is 5.69 Å². The Bertz CT molecular complexity index is 915. The van der Waals surface area contributed by atoms with Crippen molar-refractivity contribution in [2.24, 2.45) is 0 Å². The monoisotopic (exact) mass is 436 g/mol. The summed E-state index contributed by atoms with van der Waals surface area (Å²) in [7, 11) is 0. The molecule has 170 valence electrons. The van der Waals surface area contributed by atoms with Gasteiger partial charge >= 0.3 is 6.03 Å². The van der Waals surface area contributed by atoms with Crippen molar-refractivity contribution in [2.75, 3.05) is 70.5 Å². The molecule has 0 saturated carbocycles. The fourth-order valence-corrected chi connectivity index (χ4v) is 4.80. The SMILES string of the molecule is O=C1N(CCCN2CCN(c3cccc4c3OCCO4)CC2)CCN1Cc1ccccc1. The van der Waals surface area contributed by atoms with Gasteiger partial charge in [-0.25, -0.2) is 4.79 Å². The maximum atomic E-state index is 12.7. The number of para-hydroxylation sites is 1. The van der Waals surface area contributed by atoms with Gasteiger partial charge in [-0.3, -0.25) is 4.90 Å². The molecule has 3 aliphatic rings. The van der Waals surface area contributed by atoms with Crippen LogP contribution in [0.5, 0.6) is 11.5 Å². The fraction of sp³-hybridized carbons (Fsp3) is 0.480. The van der Waals surface area contributed by atoms with E-state index in [0.29, 0.717) is 19.8 Å². The van der Waals surface area contributed by atoms with E-state index in [1.807, 2.05) is 40.1 Å². The molecular weight excluding hydrogens is 404 g/mol. The topological polar surface area (TPSA) is 48.5 Å². The van der Waals surface area contributed by atoms with Crippen LogP contribution in [0.3, 0.4) is 0 Å². The summed E-state index contributed by atoms with van der Waals surface area (Å²) < 4.78 is 11.6. The summed E-state index contributed by atoms with van der Waals surface area (Å²) in [6, 6.07) is 16.6. The normalized spacial score (nSPS) is 19.0. The molecule has 2 fully saturated rings. The molecule has 0 N–H and O–H groups in total. The van der Waals surface area contributed by atoms with Gasteiger partial charge in [0.2, 0.25) is 0 Å². The minimum Gasteiger partial charge on any atom is -0.486 e. The van der Waals surface area contributed by atoms with Crippen molar-refractivity contribution in [1.29, 1.82) is 0 Å². The second-order valence-corrected chi connectivity index (χ2v) is 8.66. The Kier molecular flexibility index (Phi) is 6.34. The summed E-state index contributed by atoms with van der Waals surface area (Å²) in [5.41, 5.74) is 2.33. The summed E-state index contributed by atoms with van der Waals surface area (Å²) in [6.07, 6.45) is 1.02. The number of carbonyl (C=O) groups is 1. The largest absolute Gasteiger partial charge is 0.486 e. The molecule has 0 spiro atoms. The van der Waals surface area contributed by atoms with Crippen molar-refractivity contribution in [2.45, 2.75) is 13.0 Å². The number of hydrogen-bond acceptors (Lipinski definition) is 5. The summed E-state index contributed by atoms with van der Waals surface area (Å²) >= 11 is 0. The number of ether oxygens (including phenoxy) is 2. The van der Waals surface area contributed by atoms with E-state index < -0.39 is 0 Å². The highest BCUT2D eigenvalue weighted by Crippen LogP contribution is 2.39. The van der Waals surface area contributed by atoms with Gasteiger partial charge in [-0.2, -0.15) is 0 Å². The fourth-order valence-electron chi connectivity index (χ4n) is 4.80. The molecule has 3 aliphatic heterocycles. The Hall–Kier alpha value is -2.93. The first-order chi connectivity index (χ1) is 15.8. The molecule has 5 rings (SSSR count). The van der Waals surface area contributed by atoms with Crippen molar-refractivity contribution in [3.63, 3.8) is 0 Å². The molecule has 0 unspecified atom stereocenters. The standard InChI is InChI=1S/C25H32N4O3/c30-25-28(16-17-29(25)20-21-6-2-1-3-7-21)11-5-10-26-12-14-27(15-13-26)22-8-4-9-23-24(22)32-19-18-31-23/h1-4,6-9H,5,10-20H2. The maximum absolute atomic E-state index is 12.7. The first-order valence-electron chi connectivity index (χ1n) is 11.7. The van der Waals surface area contributed by atoms with Crippen LogP contribution < -0.4 is 14.4 Å². The third-order valence-corrected chi connectivity index (χ3v) is 6.56. The molecule has 2 aromatic carbocycles. The Morgan fingerprint density at radius 1 is 0.750 bits per heavy atom. The number of benzene rings is 2. The Morgan fingerprint density at radius 2 is 1.53 bits per heavy atom. The highest BCUT2D eigenvalue weighted by Gasteiger charge is 2.28. The molecule has 2 aromatic rings. The van der Waals surface area contributed by atoms with E-state index in [9.17, 15) is 4.79 Å². The van der Waals surface area contributed by atoms with E-state index >= 15 is 0 Å². The van der Waals surface area contributed by atoms with Crippen molar-refractivity contribution < 1.29 is 14.3 Å². The van der Waals surface area contributed by atoms with Gasteiger partial charge in [0.15, 0.2) is 11.5 Å². The predicted molar refractivity (Wildman–Crippen MR) is 125 cm³/mol. The number of nitrogens with zero attached hydrogens (tertiary/aromatic N) is 4. The molecule has 0 radical (unpaired) electrons. The second kappa shape index (κ2) is 9.69. The second-order valence-electron chi connectivity index (χ2n) is 8.66. The van der Waals surface area contributed by atoms with Gasteiger partial charge < -0.3 is 24.2 Å².